The van der Waals surface area contributed by atoms with E-state index < -0.39 is 0 Å². The second-order valence-corrected chi connectivity index (χ2v) is 3.37. The highest BCUT2D eigenvalue weighted by Gasteiger charge is 2.22. The fourth-order valence-corrected chi connectivity index (χ4v) is 1.85. The molecule has 1 aliphatic heterocycles. The van der Waals surface area contributed by atoms with Gasteiger partial charge in [0.2, 0.25) is 0 Å². The second-order valence-electron chi connectivity index (χ2n) is 2.14. The molecule has 1 aliphatic rings. The minimum Gasteiger partial charge on any atom is -0.378 e. The largest absolute Gasteiger partial charge is 0.378 e. The van der Waals surface area contributed by atoms with E-state index in [2.05, 4.69) is 22.6 Å². The molecule has 0 aliphatic carbocycles. The first-order valence-corrected chi connectivity index (χ1v) is 4.37. The fraction of sp³-hybridized carbons (Fsp3) is 1.00. The summed E-state index contributed by atoms with van der Waals surface area (Å²) in [5.41, 5.74) is 0. The number of methoxy groups -OCH3 is 1. The number of alkyl halides is 1. The molecule has 0 aromatic rings. The lowest BCUT2D eigenvalue weighted by molar-refractivity contribution is -0.0396. The van der Waals surface area contributed by atoms with Crippen molar-refractivity contribution in [2.45, 2.75) is 23.1 Å². The molecule has 0 saturated carbocycles. The Kier molecular flexibility index (Phi) is 3.21. The molecule has 1 saturated heterocycles. The van der Waals surface area contributed by atoms with Gasteiger partial charge in [-0.3, -0.25) is 0 Å². The molecular weight excluding hydrogens is 231 g/mol. The monoisotopic (exact) mass is 242 g/mol. The van der Waals surface area contributed by atoms with Crippen molar-refractivity contribution in [2.24, 2.45) is 0 Å². The highest BCUT2D eigenvalue weighted by Crippen LogP contribution is 2.20. The molecule has 0 bridgehead atoms. The van der Waals surface area contributed by atoms with Crippen LogP contribution in [-0.2, 0) is 9.47 Å². The molecule has 0 radical (unpaired) electrons. The van der Waals surface area contributed by atoms with Gasteiger partial charge in [0, 0.05) is 13.7 Å². The maximum atomic E-state index is 5.34. The van der Waals surface area contributed by atoms with Gasteiger partial charge >= 0.3 is 0 Å². The van der Waals surface area contributed by atoms with Gasteiger partial charge in [-0.2, -0.15) is 0 Å². The first-order chi connectivity index (χ1) is 4.34. The molecule has 1 heterocycles. The van der Waals surface area contributed by atoms with E-state index in [1.807, 2.05) is 0 Å². The third kappa shape index (κ3) is 2.05. The summed E-state index contributed by atoms with van der Waals surface area (Å²) in [5.74, 6) is 0. The van der Waals surface area contributed by atoms with E-state index in [9.17, 15) is 0 Å². The van der Waals surface area contributed by atoms with Crippen LogP contribution in [0.3, 0.4) is 0 Å². The van der Waals surface area contributed by atoms with Crippen LogP contribution in [0.2, 0.25) is 0 Å². The van der Waals surface area contributed by atoms with Gasteiger partial charge in [-0.25, -0.2) is 0 Å². The first kappa shape index (κ1) is 7.75. The Hall–Kier alpha value is 0.650. The van der Waals surface area contributed by atoms with Crippen LogP contribution in [0.25, 0.3) is 0 Å². The SMILES string of the molecule is CO[C@@H]1CCCO[C@@H]1I. The summed E-state index contributed by atoms with van der Waals surface area (Å²) < 4.78 is 10.8. The van der Waals surface area contributed by atoms with Crippen molar-refractivity contribution >= 4 is 22.6 Å². The molecule has 1 rings (SSSR count). The molecule has 0 unspecified atom stereocenters. The van der Waals surface area contributed by atoms with Gasteiger partial charge in [0.1, 0.15) is 4.11 Å². The Morgan fingerprint density at radius 3 is 2.89 bits per heavy atom. The van der Waals surface area contributed by atoms with E-state index in [1.54, 1.807) is 7.11 Å². The summed E-state index contributed by atoms with van der Waals surface area (Å²) in [6, 6.07) is 0. The van der Waals surface area contributed by atoms with Crippen LogP contribution < -0.4 is 0 Å². The Morgan fingerprint density at radius 2 is 2.44 bits per heavy atom. The quantitative estimate of drug-likeness (QED) is 0.513. The molecule has 9 heavy (non-hydrogen) atoms. The average molecular weight is 242 g/mol. The maximum Gasteiger partial charge on any atom is 0.134 e. The lowest BCUT2D eigenvalue weighted by Crippen LogP contribution is -2.30. The van der Waals surface area contributed by atoms with Gasteiger partial charge in [-0.15, -0.1) is 0 Å². The first-order valence-electron chi connectivity index (χ1n) is 3.13. The minimum atomic E-state index is 0.265. The van der Waals surface area contributed by atoms with E-state index in [1.165, 1.54) is 0 Å². The number of ether oxygens (including phenoxy) is 2. The van der Waals surface area contributed by atoms with E-state index in [4.69, 9.17) is 9.47 Å². The van der Waals surface area contributed by atoms with Crippen molar-refractivity contribution in [1.82, 2.24) is 0 Å². The third-order valence-electron chi connectivity index (χ3n) is 1.51. The Balaban J connectivity index is 2.30. The van der Waals surface area contributed by atoms with Crippen molar-refractivity contribution < 1.29 is 9.47 Å². The predicted molar refractivity (Wildman–Crippen MR) is 43.8 cm³/mol. The Morgan fingerprint density at radius 1 is 1.67 bits per heavy atom. The molecule has 2 atom stereocenters. The minimum absolute atomic E-state index is 0.265. The lowest BCUT2D eigenvalue weighted by Gasteiger charge is -2.26. The van der Waals surface area contributed by atoms with Gasteiger partial charge in [-0.05, 0) is 35.4 Å². The number of hydrogen-bond donors (Lipinski definition) is 0. The van der Waals surface area contributed by atoms with Crippen LogP contribution in [0.1, 0.15) is 12.8 Å². The van der Waals surface area contributed by atoms with Crippen LogP contribution in [0.5, 0.6) is 0 Å². The molecule has 0 amide bonds. The van der Waals surface area contributed by atoms with Crippen molar-refractivity contribution in [2.75, 3.05) is 13.7 Å². The maximum absolute atomic E-state index is 5.34. The standard InChI is InChI=1S/C6H11IO2/c1-8-5-3-2-4-9-6(5)7/h5-6H,2-4H2,1H3/t5-,6+/m1/s1. The fourth-order valence-electron chi connectivity index (χ4n) is 0.944. The van der Waals surface area contributed by atoms with Gasteiger partial charge in [-0.1, -0.05) is 0 Å². The van der Waals surface area contributed by atoms with Crippen molar-refractivity contribution in [3.05, 3.63) is 0 Å². The molecule has 0 aromatic carbocycles. The normalized spacial score (nSPS) is 36.7. The summed E-state index contributed by atoms with van der Waals surface area (Å²) in [5, 5.41) is 0. The smallest absolute Gasteiger partial charge is 0.134 e. The van der Waals surface area contributed by atoms with Gasteiger partial charge in [0.15, 0.2) is 0 Å². The summed E-state index contributed by atoms with van der Waals surface area (Å²) >= 11 is 2.27. The lowest BCUT2D eigenvalue weighted by atomic mass is 10.2. The number of rotatable bonds is 1. The molecule has 0 spiro atoms. The van der Waals surface area contributed by atoms with Gasteiger partial charge in [0.25, 0.3) is 0 Å². The molecule has 54 valence electrons. The van der Waals surface area contributed by atoms with E-state index >= 15 is 0 Å². The molecule has 2 nitrogen and oxygen atoms in total. The average Bonchev–Trinajstić information content (AvgIpc) is 1.89. The summed E-state index contributed by atoms with van der Waals surface area (Å²) in [4.78, 5) is 0. The van der Waals surface area contributed by atoms with Crippen LogP contribution >= 0.6 is 22.6 Å². The highest BCUT2D eigenvalue weighted by atomic mass is 127. The van der Waals surface area contributed by atoms with Crippen LogP contribution in [-0.4, -0.2) is 23.9 Å². The molecule has 1 fully saturated rings. The molecule has 0 aromatic heterocycles. The van der Waals surface area contributed by atoms with Gasteiger partial charge in [0.05, 0.1) is 6.10 Å². The summed E-state index contributed by atoms with van der Waals surface area (Å²) in [7, 11) is 1.74. The Labute approximate surface area is 69.0 Å². The zero-order valence-electron chi connectivity index (χ0n) is 5.47. The number of hydrogen-bond acceptors (Lipinski definition) is 2. The zero-order chi connectivity index (χ0) is 6.69. The Bertz CT molecular complexity index is 87.1. The van der Waals surface area contributed by atoms with E-state index in [0.717, 1.165) is 19.4 Å². The highest BCUT2D eigenvalue weighted by molar-refractivity contribution is 14.1. The summed E-state index contributed by atoms with van der Waals surface area (Å²) in [6.45, 7) is 0.896. The van der Waals surface area contributed by atoms with Gasteiger partial charge < -0.3 is 9.47 Å². The topological polar surface area (TPSA) is 18.5 Å². The molecule has 3 heteroatoms. The van der Waals surface area contributed by atoms with Crippen molar-refractivity contribution in [3.8, 4) is 0 Å². The second kappa shape index (κ2) is 3.73. The van der Waals surface area contributed by atoms with E-state index in [0.29, 0.717) is 6.10 Å². The van der Waals surface area contributed by atoms with Crippen molar-refractivity contribution in [1.29, 1.82) is 0 Å². The molecule has 0 N–H and O–H groups in total. The van der Waals surface area contributed by atoms with Crippen LogP contribution in [0.15, 0.2) is 0 Å². The van der Waals surface area contributed by atoms with Crippen LogP contribution in [0, 0.1) is 0 Å². The van der Waals surface area contributed by atoms with E-state index in [-0.39, 0.29) is 4.11 Å². The number of halogens is 1. The summed E-state index contributed by atoms with van der Waals surface area (Å²) in [6.07, 6.45) is 2.60. The third-order valence-corrected chi connectivity index (χ3v) is 2.67. The zero-order valence-corrected chi connectivity index (χ0v) is 7.63. The van der Waals surface area contributed by atoms with Crippen molar-refractivity contribution in [3.63, 3.8) is 0 Å². The van der Waals surface area contributed by atoms with Crippen LogP contribution in [0.4, 0.5) is 0 Å². The molecular formula is C6H11IO2. The predicted octanol–water partition coefficient (Wildman–Crippen LogP) is 1.57.